The van der Waals surface area contributed by atoms with Crippen molar-refractivity contribution >= 4 is 29.1 Å². The van der Waals surface area contributed by atoms with Crippen molar-refractivity contribution in [1.82, 2.24) is 25.4 Å². The zero-order valence-corrected chi connectivity index (χ0v) is 15.3. The number of fused-ring (bicyclic) bond motifs is 1. The lowest BCUT2D eigenvalue weighted by molar-refractivity contribution is -0.121. The van der Waals surface area contributed by atoms with E-state index in [9.17, 15) is 9.59 Å². The first-order valence-electron chi connectivity index (χ1n) is 8.47. The number of benzene rings is 1. The molecule has 27 heavy (non-hydrogen) atoms. The van der Waals surface area contributed by atoms with Crippen molar-refractivity contribution < 1.29 is 14.3 Å². The van der Waals surface area contributed by atoms with Crippen LogP contribution in [0.25, 0.3) is 11.0 Å². The molecule has 9 nitrogen and oxygen atoms in total. The average molecular weight is 368 g/mol. The van der Waals surface area contributed by atoms with Crippen LogP contribution in [0.1, 0.15) is 34.2 Å². The van der Waals surface area contributed by atoms with E-state index in [1.54, 1.807) is 20.8 Å². The minimum Gasteiger partial charge on any atom is -0.462 e. The molecule has 0 radical (unpaired) electrons. The molecule has 1 amide bonds. The monoisotopic (exact) mass is 368 g/mol. The Bertz CT molecular complexity index is 1020. The maximum absolute atomic E-state index is 12.1. The van der Waals surface area contributed by atoms with Gasteiger partial charge in [-0.2, -0.15) is 5.10 Å². The van der Waals surface area contributed by atoms with Crippen LogP contribution < -0.4 is 5.43 Å². The minimum atomic E-state index is -0.384. The van der Waals surface area contributed by atoms with Gasteiger partial charge in [-0.05, 0) is 38.5 Å². The van der Waals surface area contributed by atoms with Crippen molar-refractivity contribution in [1.29, 1.82) is 0 Å². The van der Waals surface area contributed by atoms with Crippen LogP contribution in [0.4, 0.5) is 0 Å². The maximum Gasteiger partial charge on any atom is 0.340 e. The van der Waals surface area contributed by atoms with E-state index in [1.165, 1.54) is 10.9 Å². The quantitative estimate of drug-likeness (QED) is 0.390. The number of nitrogens with one attached hydrogen (secondary N) is 2. The molecule has 2 N–H and O–H groups in total. The second kappa shape index (κ2) is 7.81. The van der Waals surface area contributed by atoms with Gasteiger partial charge < -0.3 is 9.72 Å². The number of aromatic nitrogens is 4. The van der Waals surface area contributed by atoms with E-state index < -0.39 is 0 Å². The first kappa shape index (κ1) is 18.3. The molecule has 140 valence electrons. The summed E-state index contributed by atoms with van der Waals surface area (Å²) in [5.74, 6) is -0.723. The molecule has 9 heteroatoms. The third-order valence-electron chi connectivity index (χ3n) is 4.05. The van der Waals surface area contributed by atoms with Gasteiger partial charge in [0.25, 0.3) is 5.91 Å². The number of carbonyl (C=O) groups is 2. The van der Waals surface area contributed by atoms with Crippen LogP contribution in [0.2, 0.25) is 0 Å². The van der Waals surface area contributed by atoms with E-state index in [0.29, 0.717) is 29.1 Å². The molecule has 3 rings (SSSR count). The number of ether oxygens (including phenoxy) is 1. The molecule has 2 aromatic heterocycles. The summed E-state index contributed by atoms with van der Waals surface area (Å²) in [6, 6.07) is 7.38. The Morgan fingerprint density at radius 2 is 2.11 bits per heavy atom. The number of esters is 1. The molecule has 0 saturated heterocycles. The van der Waals surface area contributed by atoms with Crippen molar-refractivity contribution in [3.05, 3.63) is 46.8 Å². The number of rotatable bonds is 6. The molecule has 0 saturated carbocycles. The van der Waals surface area contributed by atoms with Gasteiger partial charge in [0.1, 0.15) is 12.1 Å². The van der Waals surface area contributed by atoms with Gasteiger partial charge in [-0.25, -0.2) is 14.9 Å². The Kier molecular flexibility index (Phi) is 5.30. The zero-order chi connectivity index (χ0) is 19.4. The van der Waals surface area contributed by atoms with Gasteiger partial charge in [-0.1, -0.05) is 17.3 Å². The van der Waals surface area contributed by atoms with E-state index in [4.69, 9.17) is 4.74 Å². The van der Waals surface area contributed by atoms with E-state index in [1.807, 2.05) is 24.3 Å². The molecular formula is C18H20N6O3. The highest BCUT2D eigenvalue weighted by Crippen LogP contribution is 2.17. The normalized spacial score (nSPS) is 11.2. The van der Waals surface area contributed by atoms with E-state index >= 15 is 0 Å². The third kappa shape index (κ3) is 3.86. The average Bonchev–Trinajstić information content (AvgIpc) is 3.16. The second-order valence-electron chi connectivity index (χ2n) is 5.91. The minimum absolute atomic E-state index is 0.00529. The van der Waals surface area contributed by atoms with Gasteiger partial charge in [0, 0.05) is 5.69 Å². The number of hydrogen-bond acceptors (Lipinski definition) is 6. The lowest BCUT2D eigenvalue weighted by Gasteiger charge is -2.02. The van der Waals surface area contributed by atoms with Crippen LogP contribution in [0.15, 0.2) is 29.4 Å². The number of hydrazone groups is 1. The highest BCUT2D eigenvalue weighted by Gasteiger charge is 2.18. The van der Waals surface area contributed by atoms with Gasteiger partial charge in [0.05, 0.1) is 29.6 Å². The molecule has 0 spiro atoms. The number of carbonyl (C=O) groups excluding carboxylic acids is 2. The number of nitrogens with zero attached hydrogens (tertiary/aromatic N) is 4. The van der Waals surface area contributed by atoms with Crippen molar-refractivity contribution in [2.24, 2.45) is 5.10 Å². The van der Waals surface area contributed by atoms with Crippen molar-refractivity contribution in [2.45, 2.75) is 27.3 Å². The summed E-state index contributed by atoms with van der Waals surface area (Å²) in [5.41, 5.74) is 6.45. The van der Waals surface area contributed by atoms with Crippen LogP contribution in [-0.4, -0.2) is 44.7 Å². The fourth-order valence-corrected chi connectivity index (χ4v) is 2.79. The van der Waals surface area contributed by atoms with Gasteiger partial charge in [-0.3, -0.25) is 4.79 Å². The zero-order valence-electron chi connectivity index (χ0n) is 15.3. The van der Waals surface area contributed by atoms with E-state index in [-0.39, 0.29) is 18.4 Å². The fraction of sp³-hybridized carbons (Fsp3) is 0.278. The first-order valence-corrected chi connectivity index (χ1v) is 8.47. The van der Waals surface area contributed by atoms with Gasteiger partial charge >= 0.3 is 5.97 Å². The number of hydrogen-bond donors (Lipinski definition) is 2. The molecule has 3 aromatic rings. The topological polar surface area (TPSA) is 114 Å². The Hall–Kier alpha value is -3.49. The Balaban J connectivity index is 1.66. The van der Waals surface area contributed by atoms with Gasteiger partial charge in [0.2, 0.25) is 0 Å². The van der Waals surface area contributed by atoms with Crippen LogP contribution in [-0.2, 0) is 16.1 Å². The van der Waals surface area contributed by atoms with Crippen molar-refractivity contribution in [2.75, 3.05) is 6.61 Å². The van der Waals surface area contributed by atoms with Gasteiger partial charge in [0.15, 0.2) is 0 Å². The molecule has 1 aromatic carbocycles. The summed E-state index contributed by atoms with van der Waals surface area (Å²) in [6.45, 7) is 5.63. The predicted octanol–water partition coefficient (Wildman–Crippen LogP) is 1.70. The number of amides is 1. The second-order valence-corrected chi connectivity index (χ2v) is 5.91. The van der Waals surface area contributed by atoms with Crippen LogP contribution in [0.5, 0.6) is 0 Å². The molecule has 0 aliphatic carbocycles. The molecule has 2 heterocycles. The van der Waals surface area contributed by atoms with Crippen molar-refractivity contribution in [3.8, 4) is 0 Å². The number of H-pyrrole nitrogens is 1. The predicted molar refractivity (Wildman–Crippen MR) is 99.5 cm³/mol. The summed E-state index contributed by atoms with van der Waals surface area (Å²) in [5, 5.41) is 11.9. The standard InChI is InChI=1S/C18H20N6O3/c1-4-27-18(26)17-11(2)14(20-12(17)3)9-19-22-16(25)10-24-15-8-6-5-7-13(15)21-23-24/h5-9,20H,4,10H2,1-3H3,(H,22,25)/b19-9+. The number of aromatic amines is 1. The van der Waals surface area contributed by atoms with Crippen LogP contribution in [0.3, 0.4) is 0 Å². The van der Waals surface area contributed by atoms with Crippen LogP contribution >= 0.6 is 0 Å². The van der Waals surface area contributed by atoms with E-state index in [0.717, 1.165) is 11.0 Å². The summed E-state index contributed by atoms with van der Waals surface area (Å²) in [6.07, 6.45) is 1.46. The molecule has 0 aliphatic heterocycles. The van der Waals surface area contributed by atoms with Crippen molar-refractivity contribution in [3.63, 3.8) is 0 Å². The highest BCUT2D eigenvalue weighted by atomic mass is 16.5. The third-order valence-corrected chi connectivity index (χ3v) is 4.05. The maximum atomic E-state index is 12.1. The molecular weight excluding hydrogens is 348 g/mol. The largest absolute Gasteiger partial charge is 0.462 e. The number of para-hydroxylation sites is 1. The molecule has 0 atom stereocenters. The summed E-state index contributed by atoms with van der Waals surface area (Å²) in [4.78, 5) is 27.2. The lowest BCUT2D eigenvalue weighted by Crippen LogP contribution is -2.23. The Labute approximate surface area is 155 Å². The highest BCUT2D eigenvalue weighted by molar-refractivity contribution is 5.96. The molecule has 0 aliphatic rings. The molecule has 0 fully saturated rings. The smallest absolute Gasteiger partial charge is 0.340 e. The fourth-order valence-electron chi connectivity index (χ4n) is 2.79. The first-order chi connectivity index (χ1) is 13.0. The molecule has 0 bridgehead atoms. The number of aryl methyl sites for hydroxylation is 1. The van der Waals surface area contributed by atoms with Crippen LogP contribution in [0, 0.1) is 13.8 Å². The Morgan fingerprint density at radius 1 is 1.33 bits per heavy atom. The summed E-state index contributed by atoms with van der Waals surface area (Å²) >= 11 is 0. The van der Waals surface area contributed by atoms with E-state index in [2.05, 4.69) is 25.8 Å². The van der Waals surface area contributed by atoms with Gasteiger partial charge in [-0.15, -0.1) is 5.10 Å². The summed E-state index contributed by atoms with van der Waals surface area (Å²) in [7, 11) is 0. The Morgan fingerprint density at radius 3 is 2.89 bits per heavy atom. The summed E-state index contributed by atoms with van der Waals surface area (Å²) < 4.78 is 6.55. The SMILES string of the molecule is CCOC(=O)c1c(C)[nH]c(/C=N/NC(=O)Cn2nnc3ccccc32)c1C. The molecule has 0 unspecified atom stereocenters. The lowest BCUT2D eigenvalue weighted by atomic mass is 10.1.